The van der Waals surface area contributed by atoms with Gasteiger partial charge in [-0.25, -0.2) is 5.84 Å². The van der Waals surface area contributed by atoms with Crippen molar-refractivity contribution in [3.8, 4) is 0 Å². The zero-order valence-corrected chi connectivity index (χ0v) is 6.74. The van der Waals surface area contributed by atoms with E-state index in [2.05, 4.69) is 15.4 Å². The molecule has 66 valence electrons. The summed E-state index contributed by atoms with van der Waals surface area (Å²) in [5.41, 5.74) is 2.23. The number of nitrogens with one attached hydrogen (secondary N) is 2. The summed E-state index contributed by atoms with van der Waals surface area (Å²) in [5.74, 6) is 5.72. The zero-order valence-electron chi connectivity index (χ0n) is 6.74. The van der Waals surface area contributed by atoms with Crippen LogP contribution in [0.1, 0.15) is 0 Å². The predicted molar refractivity (Wildman–Crippen MR) is 50.2 cm³/mol. The van der Waals surface area contributed by atoms with Crippen molar-refractivity contribution in [2.45, 2.75) is 0 Å². The smallest absolute Gasteiger partial charge is 0.250 e. The van der Waals surface area contributed by atoms with E-state index in [1.165, 1.54) is 6.07 Å². The molecule has 2 heterocycles. The van der Waals surface area contributed by atoms with Crippen LogP contribution in [0, 0.1) is 0 Å². The van der Waals surface area contributed by atoms with E-state index in [0.29, 0.717) is 5.82 Å². The van der Waals surface area contributed by atoms with E-state index in [-0.39, 0.29) is 5.56 Å². The summed E-state index contributed by atoms with van der Waals surface area (Å²) in [7, 11) is 0. The molecule has 0 unspecified atom stereocenters. The Morgan fingerprint density at radius 3 is 3.15 bits per heavy atom. The van der Waals surface area contributed by atoms with Gasteiger partial charge in [0, 0.05) is 23.8 Å². The largest absolute Gasteiger partial charge is 0.309 e. The van der Waals surface area contributed by atoms with E-state index in [4.69, 9.17) is 5.84 Å². The molecule has 0 spiro atoms. The third-order valence-corrected chi connectivity index (χ3v) is 1.80. The second-order valence-electron chi connectivity index (χ2n) is 2.62. The molecule has 5 heteroatoms. The maximum atomic E-state index is 11.1. The van der Waals surface area contributed by atoms with Crippen molar-refractivity contribution in [3.05, 3.63) is 34.9 Å². The Morgan fingerprint density at radius 1 is 1.54 bits per heavy atom. The number of aromatic amines is 1. The van der Waals surface area contributed by atoms with Gasteiger partial charge in [-0.15, -0.1) is 0 Å². The summed E-state index contributed by atoms with van der Waals surface area (Å²) in [6.45, 7) is 0. The van der Waals surface area contributed by atoms with Crippen molar-refractivity contribution in [2.24, 2.45) is 5.84 Å². The number of nitrogen functional groups attached to an aromatic ring is 1. The molecular formula is C8H8N4O. The van der Waals surface area contributed by atoms with Crippen LogP contribution >= 0.6 is 0 Å². The van der Waals surface area contributed by atoms with Crippen LogP contribution in [0.2, 0.25) is 0 Å². The van der Waals surface area contributed by atoms with Crippen LogP contribution in [0.4, 0.5) is 5.82 Å². The average Bonchev–Trinajstić information content (AvgIpc) is 2.16. The number of nitrogens with two attached hydrogens (primary N) is 1. The van der Waals surface area contributed by atoms with E-state index in [1.807, 2.05) is 0 Å². The third kappa shape index (κ3) is 1.25. The van der Waals surface area contributed by atoms with Crippen molar-refractivity contribution in [3.63, 3.8) is 0 Å². The summed E-state index contributed by atoms with van der Waals surface area (Å²) >= 11 is 0. The van der Waals surface area contributed by atoms with E-state index in [1.54, 1.807) is 18.5 Å². The molecular weight excluding hydrogens is 168 g/mol. The van der Waals surface area contributed by atoms with Gasteiger partial charge in [0.15, 0.2) is 0 Å². The van der Waals surface area contributed by atoms with Crippen molar-refractivity contribution < 1.29 is 0 Å². The lowest BCUT2D eigenvalue weighted by Gasteiger charge is -2.03. The van der Waals surface area contributed by atoms with E-state index >= 15 is 0 Å². The molecule has 5 nitrogen and oxygen atoms in total. The minimum Gasteiger partial charge on any atom is -0.309 e. The van der Waals surface area contributed by atoms with Crippen LogP contribution < -0.4 is 16.8 Å². The van der Waals surface area contributed by atoms with Gasteiger partial charge in [0.25, 0.3) is 0 Å². The second-order valence-corrected chi connectivity index (χ2v) is 2.62. The summed E-state index contributed by atoms with van der Waals surface area (Å²) < 4.78 is 0. The van der Waals surface area contributed by atoms with E-state index < -0.39 is 0 Å². The molecule has 4 N–H and O–H groups in total. The second kappa shape index (κ2) is 2.87. The molecule has 13 heavy (non-hydrogen) atoms. The first-order valence-electron chi connectivity index (χ1n) is 3.75. The fraction of sp³-hybridized carbons (Fsp3) is 0. The van der Waals surface area contributed by atoms with E-state index in [0.717, 1.165) is 10.8 Å². The number of anilines is 1. The summed E-state index contributed by atoms with van der Waals surface area (Å²) in [6.07, 6.45) is 3.27. The highest BCUT2D eigenvalue weighted by Gasteiger charge is 2.00. The fourth-order valence-corrected chi connectivity index (χ4v) is 1.22. The quantitative estimate of drug-likeness (QED) is 0.428. The van der Waals surface area contributed by atoms with Crippen LogP contribution in [0.15, 0.2) is 29.3 Å². The topological polar surface area (TPSA) is 83.8 Å². The number of pyridine rings is 2. The number of hydrazine groups is 1. The van der Waals surface area contributed by atoms with Gasteiger partial charge < -0.3 is 10.4 Å². The first kappa shape index (κ1) is 7.75. The van der Waals surface area contributed by atoms with Crippen molar-refractivity contribution in [1.82, 2.24) is 9.97 Å². The van der Waals surface area contributed by atoms with Crippen LogP contribution in [-0.2, 0) is 0 Å². The van der Waals surface area contributed by atoms with Crippen molar-refractivity contribution in [2.75, 3.05) is 5.43 Å². The van der Waals surface area contributed by atoms with Gasteiger partial charge in [-0.2, -0.15) is 0 Å². The van der Waals surface area contributed by atoms with Gasteiger partial charge in [0.1, 0.15) is 5.82 Å². The molecule has 0 amide bonds. The van der Waals surface area contributed by atoms with E-state index in [9.17, 15) is 4.79 Å². The van der Waals surface area contributed by atoms with Crippen molar-refractivity contribution >= 4 is 16.6 Å². The Hall–Kier alpha value is -1.88. The molecule has 2 rings (SSSR count). The Kier molecular flexibility index (Phi) is 1.71. The van der Waals surface area contributed by atoms with Gasteiger partial charge in [-0.05, 0) is 11.5 Å². The highest BCUT2D eigenvalue weighted by atomic mass is 16.1. The van der Waals surface area contributed by atoms with Crippen LogP contribution in [-0.4, -0.2) is 9.97 Å². The number of nitrogens with zero attached hydrogens (tertiary/aromatic N) is 1. The van der Waals surface area contributed by atoms with Crippen LogP contribution in [0.25, 0.3) is 10.8 Å². The number of H-pyrrole nitrogens is 1. The molecule has 0 saturated heterocycles. The average molecular weight is 176 g/mol. The van der Waals surface area contributed by atoms with Gasteiger partial charge in [-0.1, -0.05) is 0 Å². The first-order valence-corrected chi connectivity index (χ1v) is 3.75. The van der Waals surface area contributed by atoms with Gasteiger partial charge in [-0.3, -0.25) is 9.78 Å². The fourth-order valence-electron chi connectivity index (χ4n) is 1.22. The highest BCUT2D eigenvalue weighted by molar-refractivity contribution is 5.90. The number of rotatable bonds is 1. The van der Waals surface area contributed by atoms with Gasteiger partial charge in [0.2, 0.25) is 5.56 Å². The van der Waals surface area contributed by atoms with Gasteiger partial charge >= 0.3 is 0 Å². The Bertz CT molecular complexity index is 491. The summed E-state index contributed by atoms with van der Waals surface area (Å²) in [6, 6.07) is 3.25. The van der Waals surface area contributed by atoms with Crippen LogP contribution in [0.3, 0.4) is 0 Å². The maximum absolute atomic E-state index is 11.1. The lowest BCUT2D eigenvalue weighted by Crippen LogP contribution is -2.14. The predicted octanol–water partition coefficient (Wildman–Crippen LogP) is 0.209. The number of fused-ring (bicyclic) bond motifs is 1. The molecule has 0 aliphatic rings. The molecule has 0 aromatic carbocycles. The Labute approximate surface area is 73.6 Å². The summed E-state index contributed by atoms with van der Waals surface area (Å²) in [5, 5.41) is 1.61. The molecule has 0 fully saturated rings. The Morgan fingerprint density at radius 2 is 2.38 bits per heavy atom. The lowest BCUT2D eigenvalue weighted by molar-refractivity contribution is 1.20. The summed E-state index contributed by atoms with van der Waals surface area (Å²) in [4.78, 5) is 17.6. The minimum absolute atomic E-state index is 0.188. The molecule has 0 bridgehead atoms. The maximum Gasteiger partial charge on any atom is 0.250 e. The van der Waals surface area contributed by atoms with Crippen LogP contribution in [0.5, 0.6) is 0 Å². The highest BCUT2D eigenvalue weighted by Crippen LogP contribution is 2.15. The third-order valence-electron chi connectivity index (χ3n) is 1.80. The first-order chi connectivity index (χ1) is 6.31. The molecule has 2 aromatic heterocycles. The number of hydrogen-bond donors (Lipinski definition) is 3. The Balaban J connectivity index is 2.89. The van der Waals surface area contributed by atoms with Crippen molar-refractivity contribution in [1.29, 1.82) is 0 Å². The number of aromatic nitrogens is 2. The molecule has 0 aliphatic heterocycles. The normalized spacial score (nSPS) is 10.2. The molecule has 0 radical (unpaired) electrons. The lowest BCUT2D eigenvalue weighted by atomic mass is 10.2. The minimum atomic E-state index is -0.188. The van der Waals surface area contributed by atoms with Gasteiger partial charge in [0.05, 0.1) is 0 Å². The molecule has 0 aliphatic carbocycles. The number of hydrogen-bond acceptors (Lipinski definition) is 4. The standard InChI is InChI=1S/C8H8N4O/c9-12-8-6-4-10-2-1-5(6)3-7(13)11-8/h1-4H,9H2,(H2,11,12,13). The molecule has 0 atom stereocenters. The monoisotopic (exact) mass is 176 g/mol. The zero-order chi connectivity index (χ0) is 9.26. The SMILES string of the molecule is NNc1[nH]c(=O)cc2ccncc12. The molecule has 0 saturated carbocycles. The molecule has 2 aromatic rings.